The van der Waals surface area contributed by atoms with Crippen molar-refractivity contribution < 1.29 is 4.74 Å². The highest BCUT2D eigenvalue weighted by molar-refractivity contribution is 5.44. The molecule has 0 aromatic rings. The van der Waals surface area contributed by atoms with Crippen molar-refractivity contribution in [1.82, 2.24) is 4.90 Å². The van der Waals surface area contributed by atoms with E-state index in [1.807, 2.05) is 6.42 Å². The Morgan fingerprint density at radius 1 is 1.56 bits per heavy atom. The van der Waals surface area contributed by atoms with Crippen LogP contribution in [-0.2, 0) is 4.74 Å². The number of hydrogen-bond donors (Lipinski definition) is 0. The van der Waals surface area contributed by atoms with E-state index in [1.54, 1.807) is 0 Å². The Hall–Kier alpha value is -1.15. The van der Waals surface area contributed by atoms with Crippen molar-refractivity contribution in [2.24, 2.45) is 5.92 Å². The summed E-state index contributed by atoms with van der Waals surface area (Å²) >= 11 is 0. The molecule has 0 radical (unpaired) electrons. The summed E-state index contributed by atoms with van der Waals surface area (Å²) < 4.78 is 5.94. The Labute approximate surface area is 111 Å². The zero-order valence-electron chi connectivity index (χ0n) is 11.8. The van der Waals surface area contributed by atoms with E-state index in [-0.39, 0.29) is 0 Å². The van der Waals surface area contributed by atoms with Crippen LogP contribution >= 0.6 is 0 Å². The summed E-state index contributed by atoms with van der Waals surface area (Å²) in [5.74, 6) is 1.60. The zero-order chi connectivity index (χ0) is 13.1. The molecule has 2 nitrogen and oxygen atoms in total. The van der Waals surface area contributed by atoms with Gasteiger partial charge in [-0.2, -0.15) is 6.58 Å². The molecule has 0 N–H and O–H groups in total. The highest BCUT2D eigenvalue weighted by Crippen LogP contribution is 2.24. The van der Waals surface area contributed by atoms with E-state index in [0.29, 0.717) is 12.0 Å². The van der Waals surface area contributed by atoms with Crippen LogP contribution in [-0.4, -0.2) is 30.6 Å². The molecule has 1 aliphatic carbocycles. The molecular formula is C16H24NO-. The van der Waals surface area contributed by atoms with Gasteiger partial charge < -0.3 is 9.64 Å². The summed E-state index contributed by atoms with van der Waals surface area (Å²) in [5, 5.41) is 0. The van der Waals surface area contributed by atoms with Crippen LogP contribution < -0.4 is 0 Å². The molecule has 2 aliphatic rings. The molecule has 0 spiro atoms. The van der Waals surface area contributed by atoms with Crippen molar-refractivity contribution in [3.63, 3.8) is 0 Å². The molecule has 1 atom stereocenters. The molecule has 0 aromatic carbocycles. The van der Waals surface area contributed by atoms with Crippen LogP contribution in [0.25, 0.3) is 0 Å². The van der Waals surface area contributed by atoms with Crippen LogP contribution in [0.5, 0.6) is 0 Å². The third kappa shape index (κ3) is 3.20. The molecule has 1 unspecified atom stereocenters. The minimum absolute atomic E-state index is 0.650. The number of likely N-dealkylation sites (tertiary alicyclic amines) is 1. The number of nitrogens with zero attached hydrogens (tertiary/aromatic N) is 1. The first-order valence-electron chi connectivity index (χ1n) is 6.85. The molecule has 0 aromatic heterocycles. The Bertz CT molecular complexity index is 379. The van der Waals surface area contributed by atoms with Crippen LogP contribution in [0.2, 0.25) is 0 Å². The maximum absolute atomic E-state index is 5.94. The number of allylic oxidation sites excluding steroid dienone is 4. The van der Waals surface area contributed by atoms with E-state index in [1.165, 1.54) is 18.5 Å². The minimum atomic E-state index is 0.650. The fourth-order valence-corrected chi connectivity index (χ4v) is 2.47. The largest absolute Gasteiger partial charge is 0.537 e. The van der Waals surface area contributed by atoms with Crippen LogP contribution in [0, 0.1) is 12.3 Å². The van der Waals surface area contributed by atoms with Gasteiger partial charge in [-0.05, 0) is 26.8 Å². The molecule has 100 valence electrons. The molecule has 1 heterocycles. The van der Waals surface area contributed by atoms with Crippen LogP contribution in [0.3, 0.4) is 0 Å². The van der Waals surface area contributed by atoms with E-state index in [2.05, 4.69) is 44.4 Å². The summed E-state index contributed by atoms with van der Waals surface area (Å²) in [4.78, 5) is 2.52. The number of rotatable bonds is 4. The average molecular weight is 246 g/mol. The lowest BCUT2D eigenvalue weighted by Gasteiger charge is -2.25. The Morgan fingerprint density at radius 2 is 2.33 bits per heavy atom. The normalized spacial score (nSPS) is 24.9. The van der Waals surface area contributed by atoms with Crippen LogP contribution in [0.1, 0.15) is 27.2 Å². The van der Waals surface area contributed by atoms with Gasteiger partial charge in [0.05, 0.1) is 6.61 Å². The quantitative estimate of drug-likeness (QED) is 0.705. The van der Waals surface area contributed by atoms with E-state index in [9.17, 15) is 0 Å². The van der Waals surface area contributed by atoms with Crippen molar-refractivity contribution in [1.29, 1.82) is 0 Å². The minimum Gasteiger partial charge on any atom is -0.537 e. The second-order valence-corrected chi connectivity index (χ2v) is 5.67. The lowest BCUT2D eigenvalue weighted by Crippen LogP contribution is -2.28. The van der Waals surface area contributed by atoms with Gasteiger partial charge in [0.25, 0.3) is 0 Å². The Morgan fingerprint density at radius 3 is 3.00 bits per heavy atom. The predicted molar refractivity (Wildman–Crippen MR) is 76.0 cm³/mol. The third-order valence-electron chi connectivity index (χ3n) is 3.74. The molecule has 0 amide bonds. The van der Waals surface area contributed by atoms with Crippen LogP contribution in [0.4, 0.5) is 0 Å². The van der Waals surface area contributed by atoms with E-state index in [4.69, 9.17) is 4.74 Å². The molecular weight excluding hydrogens is 222 g/mol. The van der Waals surface area contributed by atoms with Crippen molar-refractivity contribution in [2.45, 2.75) is 33.2 Å². The van der Waals surface area contributed by atoms with Gasteiger partial charge in [-0.15, -0.1) is 29.7 Å². The standard InChI is InChI=1S/C16H24NO/c1-12(2)17-8-7-15(10-17)11-18-16-9-13(3)5-6-14(16)4/h5-6,9,12,15H,4,7-8,10-11H2,1-3H3/q-1. The highest BCUT2D eigenvalue weighted by Gasteiger charge is 2.24. The first kappa shape index (κ1) is 13.3. The fourth-order valence-electron chi connectivity index (χ4n) is 2.47. The maximum Gasteiger partial charge on any atom is 0.0796 e. The van der Waals surface area contributed by atoms with Gasteiger partial charge in [-0.3, -0.25) is 0 Å². The van der Waals surface area contributed by atoms with E-state index in [0.717, 1.165) is 24.5 Å². The molecule has 2 rings (SSSR count). The van der Waals surface area contributed by atoms with Gasteiger partial charge in [0.2, 0.25) is 0 Å². The smallest absolute Gasteiger partial charge is 0.0796 e. The first-order valence-corrected chi connectivity index (χ1v) is 6.85. The number of ether oxygens (including phenoxy) is 1. The van der Waals surface area contributed by atoms with Gasteiger partial charge in [-0.1, -0.05) is 6.92 Å². The third-order valence-corrected chi connectivity index (χ3v) is 3.74. The molecule has 0 bridgehead atoms. The summed E-state index contributed by atoms with van der Waals surface area (Å²) in [6.07, 6.45) is 7.43. The molecule has 1 fully saturated rings. The summed E-state index contributed by atoms with van der Waals surface area (Å²) in [5.41, 5.74) is 2.21. The van der Waals surface area contributed by atoms with Crippen molar-refractivity contribution in [3.8, 4) is 0 Å². The molecule has 1 aliphatic heterocycles. The zero-order valence-corrected chi connectivity index (χ0v) is 11.8. The van der Waals surface area contributed by atoms with E-state index < -0.39 is 0 Å². The summed E-state index contributed by atoms with van der Waals surface area (Å²) in [6, 6.07) is 0.650. The second-order valence-electron chi connectivity index (χ2n) is 5.67. The van der Waals surface area contributed by atoms with E-state index >= 15 is 0 Å². The van der Waals surface area contributed by atoms with Gasteiger partial charge in [0, 0.05) is 24.3 Å². The lowest BCUT2D eigenvalue weighted by molar-refractivity contribution is 0.166. The van der Waals surface area contributed by atoms with Crippen molar-refractivity contribution in [2.75, 3.05) is 19.7 Å². The average Bonchev–Trinajstić information content (AvgIpc) is 2.79. The Kier molecular flexibility index (Phi) is 4.18. The second kappa shape index (κ2) is 5.66. The maximum atomic E-state index is 5.94. The topological polar surface area (TPSA) is 12.5 Å². The van der Waals surface area contributed by atoms with Gasteiger partial charge in [-0.25, -0.2) is 0 Å². The highest BCUT2D eigenvalue weighted by atomic mass is 16.5. The molecule has 1 saturated heterocycles. The monoisotopic (exact) mass is 246 g/mol. The van der Waals surface area contributed by atoms with Crippen LogP contribution in [0.15, 0.2) is 35.6 Å². The number of hydrogen-bond acceptors (Lipinski definition) is 2. The van der Waals surface area contributed by atoms with Gasteiger partial charge >= 0.3 is 0 Å². The van der Waals surface area contributed by atoms with Crippen molar-refractivity contribution >= 4 is 0 Å². The van der Waals surface area contributed by atoms with Gasteiger partial charge in [0.15, 0.2) is 0 Å². The Balaban J connectivity index is 1.82. The molecule has 0 saturated carbocycles. The SMILES string of the molecule is C=C1[CH-]C=C(C)C=C1OCC1CCN(C(C)C)C1. The lowest BCUT2D eigenvalue weighted by atomic mass is 10.0. The summed E-state index contributed by atoms with van der Waals surface area (Å²) in [7, 11) is 0. The van der Waals surface area contributed by atoms with Crippen molar-refractivity contribution in [3.05, 3.63) is 42.1 Å². The molecule has 18 heavy (non-hydrogen) atoms. The van der Waals surface area contributed by atoms with Gasteiger partial charge in [0.1, 0.15) is 0 Å². The molecule has 2 heteroatoms. The first-order chi connectivity index (χ1) is 8.56. The predicted octanol–water partition coefficient (Wildman–Crippen LogP) is 3.34. The fraction of sp³-hybridized carbons (Fsp3) is 0.562. The summed E-state index contributed by atoms with van der Waals surface area (Å²) in [6.45, 7) is 13.8.